The third-order valence-corrected chi connectivity index (χ3v) is 4.43. The molecule has 0 spiro atoms. The minimum Gasteiger partial charge on any atom is -0.355 e. The summed E-state index contributed by atoms with van der Waals surface area (Å²) in [6, 6.07) is 10.3. The molecular formula is C19H20FN3O3. The number of hydrogen-bond acceptors (Lipinski definition) is 3. The van der Waals surface area contributed by atoms with Crippen molar-refractivity contribution in [1.82, 2.24) is 15.2 Å². The van der Waals surface area contributed by atoms with E-state index in [0.717, 1.165) is 5.56 Å². The van der Waals surface area contributed by atoms with Crippen LogP contribution >= 0.6 is 0 Å². The molecule has 1 saturated carbocycles. The summed E-state index contributed by atoms with van der Waals surface area (Å²) < 4.78 is 14.3. The van der Waals surface area contributed by atoms with Gasteiger partial charge < -0.3 is 15.2 Å². The number of carbonyl (C=O) groups is 2. The van der Waals surface area contributed by atoms with Gasteiger partial charge in [0.25, 0.3) is 17.4 Å². The summed E-state index contributed by atoms with van der Waals surface area (Å²) in [5, 5.41) is 5.15. The van der Waals surface area contributed by atoms with Crippen LogP contribution in [0.1, 0.15) is 39.1 Å². The quantitative estimate of drug-likeness (QED) is 0.851. The fraction of sp³-hybridized carbons (Fsp3) is 0.316. The van der Waals surface area contributed by atoms with Crippen LogP contribution in [0, 0.1) is 0 Å². The summed E-state index contributed by atoms with van der Waals surface area (Å²) in [5.74, 6) is -0.979. The van der Waals surface area contributed by atoms with E-state index >= 15 is 0 Å². The lowest BCUT2D eigenvalue weighted by atomic mass is 9.90. The number of hydrogen-bond donors (Lipinski definition) is 2. The predicted octanol–water partition coefficient (Wildman–Crippen LogP) is 1.49. The number of amides is 2. The Bertz CT molecular complexity index is 873. The van der Waals surface area contributed by atoms with Gasteiger partial charge in [0.05, 0.1) is 12.1 Å². The molecule has 1 aliphatic carbocycles. The molecule has 1 aromatic heterocycles. The first-order valence-electron chi connectivity index (χ1n) is 8.43. The number of carbonyl (C=O) groups excluding carboxylic acids is 2. The number of alkyl halides is 1. The van der Waals surface area contributed by atoms with Gasteiger partial charge in [-0.05, 0) is 24.5 Å². The largest absolute Gasteiger partial charge is 0.355 e. The molecule has 136 valence electrons. The van der Waals surface area contributed by atoms with Crippen molar-refractivity contribution in [3.05, 3.63) is 69.6 Å². The summed E-state index contributed by atoms with van der Waals surface area (Å²) in [5.41, 5.74) is 0.487. The van der Waals surface area contributed by atoms with Crippen LogP contribution in [0.5, 0.6) is 0 Å². The van der Waals surface area contributed by atoms with E-state index in [0.29, 0.717) is 0 Å². The van der Waals surface area contributed by atoms with Crippen LogP contribution in [-0.4, -0.2) is 35.6 Å². The average molecular weight is 357 g/mol. The van der Waals surface area contributed by atoms with Gasteiger partial charge >= 0.3 is 0 Å². The zero-order valence-corrected chi connectivity index (χ0v) is 14.4. The SMILES string of the molecule is CNC(=O)c1cc(C(=O)NC2CC(F)C2)cn(Cc2ccccc2)c1=O. The minimum absolute atomic E-state index is 0.104. The van der Waals surface area contributed by atoms with E-state index in [1.807, 2.05) is 30.3 Å². The van der Waals surface area contributed by atoms with Crippen molar-refractivity contribution in [1.29, 1.82) is 0 Å². The van der Waals surface area contributed by atoms with Gasteiger partial charge in [0.2, 0.25) is 0 Å². The fourth-order valence-electron chi connectivity index (χ4n) is 2.89. The van der Waals surface area contributed by atoms with E-state index in [-0.39, 0.29) is 36.6 Å². The topological polar surface area (TPSA) is 80.2 Å². The Kier molecular flexibility index (Phi) is 5.16. The molecule has 1 heterocycles. The van der Waals surface area contributed by atoms with Crippen LogP contribution in [-0.2, 0) is 6.54 Å². The van der Waals surface area contributed by atoms with Gasteiger partial charge in [-0.25, -0.2) is 4.39 Å². The first-order valence-corrected chi connectivity index (χ1v) is 8.43. The van der Waals surface area contributed by atoms with E-state index in [9.17, 15) is 18.8 Å². The van der Waals surface area contributed by atoms with Crippen LogP contribution in [0.3, 0.4) is 0 Å². The maximum atomic E-state index is 12.9. The molecule has 0 atom stereocenters. The molecule has 6 nitrogen and oxygen atoms in total. The maximum absolute atomic E-state index is 12.9. The average Bonchev–Trinajstić information content (AvgIpc) is 2.62. The third-order valence-electron chi connectivity index (χ3n) is 4.43. The molecule has 2 aromatic rings. The van der Waals surface area contributed by atoms with Gasteiger partial charge in [-0.15, -0.1) is 0 Å². The van der Waals surface area contributed by atoms with Gasteiger partial charge in [-0.3, -0.25) is 14.4 Å². The van der Waals surface area contributed by atoms with Crippen molar-refractivity contribution in [2.75, 3.05) is 7.05 Å². The third kappa shape index (κ3) is 3.82. The van der Waals surface area contributed by atoms with Crippen molar-refractivity contribution in [3.63, 3.8) is 0 Å². The highest BCUT2D eigenvalue weighted by Crippen LogP contribution is 2.23. The lowest BCUT2D eigenvalue weighted by molar-refractivity contribution is 0.0859. The molecule has 26 heavy (non-hydrogen) atoms. The Hall–Kier alpha value is -2.96. The molecule has 7 heteroatoms. The molecular weight excluding hydrogens is 337 g/mol. The van der Waals surface area contributed by atoms with Gasteiger partial charge in [0.1, 0.15) is 11.7 Å². The molecule has 0 unspecified atom stereocenters. The van der Waals surface area contributed by atoms with Crippen molar-refractivity contribution < 1.29 is 14.0 Å². The van der Waals surface area contributed by atoms with Crippen LogP contribution in [0.4, 0.5) is 4.39 Å². The van der Waals surface area contributed by atoms with Crippen molar-refractivity contribution in [2.24, 2.45) is 0 Å². The number of pyridine rings is 1. The van der Waals surface area contributed by atoms with Crippen LogP contribution in [0.15, 0.2) is 47.4 Å². The van der Waals surface area contributed by atoms with Crippen molar-refractivity contribution in [2.45, 2.75) is 31.6 Å². The van der Waals surface area contributed by atoms with Crippen LogP contribution in [0.2, 0.25) is 0 Å². The number of nitrogens with one attached hydrogen (secondary N) is 2. The second kappa shape index (κ2) is 7.51. The van der Waals surface area contributed by atoms with Crippen LogP contribution < -0.4 is 16.2 Å². The second-order valence-electron chi connectivity index (χ2n) is 6.38. The second-order valence-corrected chi connectivity index (χ2v) is 6.38. The molecule has 0 aliphatic heterocycles. The fourth-order valence-corrected chi connectivity index (χ4v) is 2.89. The van der Waals surface area contributed by atoms with E-state index in [1.54, 1.807) is 0 Å². The molecule has 0 saturated heterocycles. The number of nitrogens with zero attached hydrogens (tertiary/aromatic N) is 1. The van der Waals surface area contributed by atoms with Gasteiger partial charge in [0.15, 0.2) is 0 Å². The number of benzene rings is 1. The first-order chi connectivity index (χ1) is 12.5. The molecule has 2 amide bonds. The molecule has 3 rings (SSSR count). The van der Waals surface area contributed by atoms with E-state index < -0.39 is 23.5 Å². The summed E-state index contributed by atoms with van der Waals surface area (Å²) in [6.45, 7) is 0.237. The minimum atomic E-state index is -0.881. The van der Waals surface area contributed by atoms with Crippen molar-refractivity contribution >= 4 is 11.8 Å². The first kappa shape index (κ1) is 17.8. The van der Waals surface area contributed by atoms with E-state index in [2.05, 4.69) is 10.6 Å². The summed E-state index contributed by atoms with van der Waals surface area (Å²) in [7, 11) is 1.42. The summed E-state index contributed by atoms with van der Waals surface area (Å²) in [4.78, 5) is 37.1. The van der Waals surface area contributed by atoms with E-state index in [1.165, 1.54) is 23.9 Å². The molecule has 0 radical (unpaired) electrons. The van der Waals surface area contributed by atoms with Crippen LogP contribution in [0.25, 0.3) is 0 Å². The number of aromatic nitrogens is 1. The number of halogens is 1. The Morgan fingerprint density at radius 1 is 1.19 bits per heavy atom. The lowest BCUT2D eigenvalue weighted by Gasteiger charge is -2.30. The Labute approximate surface area is 150 Å². The van der Waals surface area contributed by atoms with Gasteiger partial charge in [-0.1, -0.05) is 30.3 Å². The summed E-state index contributed by atoms with van der Waals surface area (Å²) >= 11 is 0. The highest BCUT2D eigenvalue weighted by molar-refractivity contribution is 5.99. The zero-order chi connectivity index (χ0) is 18.7. The van der Waals surface area contributed by atoms with Gasteiger partial charge in [-0.2, -0.15) is 0 Å². The van der Waals surface area contributed by atoms with E-state index in [4.69, 9.17) is 0 Å². The standard InChI is InChI=1S/C19H20FN3O3/c1-21-18(25)16-7-13(17(24)22-15-8-14(20)9-15)11-23(19(16)26)10-12-5-3-2-4-6-12/h2-7,11,14-15H,8-10H2,1H3,(H,21,25)(H,22,24). The maximum Gasteiger partial charge on any atom is 0.263 e. The molecule has 2 N–H and O–H groups in total. The highest BCUT2D eigenvalue weighted by Gasteiger charge is 2.30. The monoisotopic (exact) mass is 357 g/mol. The molecule has 0 bridgehead atoms. The Balaban J connectivity index is 1.93. The molecule has 1 fully saturated rings. The zero-order valence-electron chi connectivity index (χ0n) is 14.4. The van der Waals surface area contributed by atoms with Gasteiger partial charge in [0, 0.05) is 19.3 Å². The summed E-state index contributed by atoms with van der Waals surface area (Å²) in [6.07, 6.45) is 1.13. The highest BCUT2D eigenvalue weighted by atomic mass is 19.1. The van der Waals surface area contributed by atoms with Crippen molar-refractivity contribution in [3.8, 4) is 0 Å². The normalized spacial score (nSPS) is 18.7. The molecule has 1 aromatic carbocycles. The predicted molar refractivity (Wildman–Crippen MR) is 95.0 cm³/mol. The smallest absolute Gasteiger partial charge is 0.263 e. The lowest BCUT2D eigenvalue weighted by Crippen LogP contribution is -2.45. The number of rotatable bonds is 5. The molecule has 1 aliphatic rings. The Morgan fingerprint density at radius 2 is 1.88 bits per heavy atom. The Morgan fingerprint density at radius 3 is 2.50 bits per heavy atom.